The van der Waals surface area contributed by atoms with Crippen LogP contribution in [0.1, 0.15) is 32.7 Å². The number of pyridine rings is 2. The summed E-state index contributed by atoms with van der Waals surface area (Å²) in [6.45, 7) is 4.92. The number of carbonyl (C=O) groups is 1. The van der Waals surface area contributed by atoms with Crippen molar-refractivity contribution in [2.45, 2.75) is 26.9 Å². The lowest BCUT2D eigenvalue weighted by atomic mass is 9.96. The van der Waals surface area contributed by atoms with E-state index < -0.39 is 0 Å². The van der Waals surface area contributed by atoms with Crippen LogP contribution in [0, 0.1) is 13.8 Å². The summed E-state index contributed by atoms with van der Waals surface area (Å²) < 4.78 is 1.70. The van der Waals surface area contributed by atoms with Crippen molar-refractivity contribution in [1.82, 2.24) is 25.1 Å². The molecule has 7 nitrogen and oxygen atoms in total. The second-order valence-corrected chi connectivity index (χ2v) is 8.77. The number of aryl methyl sites for hydroxylation is 2. The number of rotatable bonds is 5. The molecular formula is C26H23ClN6O. The predicted octanol–water partition coefficient (Wildman–Crippen LogP) is 4.81. The number of nitrogens with one attached hydrogen (secondary N) is 1. The quantitative estimate of drug-likeness (QED) is 0.384. The SMILES string of the molecule is Cc1cc2c(N)nccc2c(C)c1CNC(=O)c1cnn(Cc2ccc3ccc(Cl)cc3n2)c1. The van der Waals surface area contributed by atoms with Gasteiger partial charge in [-0.25, -0.2) is 4.98 Å². The van der Waals surface area contributed by atoms with Crippen molar-refractivity contribution in [3.8, 4) is 0 Å². The van der Waals surface area contributed by atoms with Crippen LogP contribution < -0.4 is 11.1 Å². The van der Waals surface area contributed by atoms with Crippen LogP contribution in [0.2, 0.25) is 5.02 Å². The van der Waals surface area contributed by atoms with E-state index in [9.17, 15) is 4.79 Å². The normalized spacial score (nSPS) is 11.3. The van der Waals surface area contributed by atoms with Gasteiger partial charge in [-0.05, 0) is 66.3 Å². The molecule has 3 N–H and O–H groups in total. The van der Waals surface area contributed by atoms with Gasteiger partial charge in [0.15, 0.2) is 0 Å². The van der Waals surface area contributed by atoms with E-state index in [2.05, 4.69) is 20.4 Å². The first-order valence-electron chi connectivity index (χ1n) is 10.9. The van der Waals surface area contributed by atoms with Gasteiger partial charge in [0.2, 0.25) is 0 Å². The zero-order valence-electron chi connectivity index (χ0n) is 18.8. The Morgan fingerprint density at radius 3 is 2.79 bits per heavy atom. The van der Waals surface area contributed by atoms with Crippen molar-refractivity contribution < 1.29 is 4.79 Å². The number of nitrogens with two attached hydrogens (primary N) is 1. The van der Waals surface area contributed by atoms with Crippen molar-refractivity contribution in [3.63, 3.8) is 0 Å². The molecular weight excluding hydrogens is 448 g/mol. The van der Waals surface area contributed by atoms with Gasteiger partial charge in [-0.1, -0.05) is 23.7 Å². The number of hydrogen-bond donors (Lipinski definition) is 2. The largest absolute Gasteiger partial charge is 0.383 e. The van der Waals surface area contributed by atoms with E-state index in [1.54, 1.807) is 23.3 Å². The summed E-state index contributed by atoms with van der Waals surface area (Å²) in [4.78, 5) is 21.6. The molecule has 8 heteroatoms. The summed E-state index contributed by atoms with van der Waals surface area (Å²) in [5.41, 5.74) is 11.4. The summed E-state index contributed by atoms with van der Waals surface area (Å²) >= 11 is 6.09. The molecule has 0 radical (unpaired) electrons. The Morgan fingerprint density at radius 2 is 1.94 bits per heavy atom. The first kappa shape index (κ1) is 21.9. The van der Waals surface area contributed by atoms with E-state index in [0.29, 0.717) is 29.5 Å². The number of halogens is 1. The third-order valence-electron chi connectivity index (χ3n) is 6.07. The molecule has 0 saturated carbocycles. The van der Waals surface area contributed by atoms with E-state index in [1.165, 1.54) is 0 Å². The van der Waals surface area contributed by atoms with Gasteiger partial charge in [-0.3, -0.25) is 14.5 Å². The van der Waals surface area contributed by atoms with Crippen molar-refractivity contribution in [2.24, 2.45) is 0 Å². The smallest absolute Gasteiger partial charge is 0.254 e. The van der Waals surface area contributed by atoms with Crippen molar-refractivity contribution in [2.75, 3.05) is 5.73 Å². The molecule has 0 aliphatic rings. The Bertz CT molecular complexity index is 1560. The second-order valence-electron chi connectivity index (χ2n) is 8.34. The first-order valence-corrected chi connectivity index (χ1v) is 11.3. The second kappa shape index (κ2) is 8.76. The highest BCUT2D eigenvalue weighted by molar-refractivity contribution is 6.31. The van der Waals surface area contributed by atoms with Gasteiger partial charge in [0.25, 0.3) is 5.91 Å². The molecule has 34 heavy (non-hydrogen) atoms. The molecule has 0 bridgehead atoms. The van der Waals surface area contributed by atoms with Crippen LogP contribution in [0.5, 0.6) is 0 Å². The number of nitrogens with zero attached hydrogens (tertiary/aromatic N) is 4. The summed E-state index contributed by atoms with van der Waals surface area (Å²) in [6, 6.07) is 13.5. The fraction of sp³-hybridized carbons (Fsp3) is 0.154. The number of amides is 1. The van der Waals surface area contributed by atoms with Crippen molar-refractivity contribution in [3.05, 3.63) is 94.0 Å². The van der Waals surface area contributed by atoms with Gasteiger partial charge in [-0.15, -0.1) is 0 Å². The molecule has 0 unspecified atom stereocenters. The molecule has 0 fully saturated rings. The Labute approximate surface area is 201 Å². The van der Waals surface area contributed by atoms with Gasteiger partial charge in [0.05, 0.1) is 29.5 Å². The van der Waals surface area contributed by atoms with Gasteiger partial charge in [0, 0.05) is 34.7 Å². The molecule has 0 saturated heterocycles. The maximum absolute atomic E-state index is 12.8. The molecule has 2 aromatic carbocycles. The van der Waals surface area contributed by atoms with E-state index in [4.69, 9.17) is 17.3 Å². The van der Waals surface area contributed by atoms with E-state index >= 15 is 0 Å². The number of benzene rings is 2. The summed E-state index contributed by atoms with van der Waals surface area (Å²) in [5.74, 6) is 0.327. The number of fused-ring (bicyclic) bond motifs is 2. The Kier molecular flexibility index (Phi) is 5.63. The molecule has 0 aliphatic carbocycles. The predicted molar refractivity (Wildman–Crippen MR) is 135 cm³/mol. The molecule has 0 spiro atoms. The molecule has 0 atom stereocenters. The lowest BCUT2D eigenvalue weighted by Gasteiger charge is -2.14. The first-order chi connectivity index (χ1) is 16.4. The fourth-order valence-corrected chi connectivity index (χ4v) is 4.39. The fourth-order valence-electron chi connectivity index (χ4n) is 4.23. The Balaban J connectivity index is 1.30. The van der Waals surface area contributed by atoms with Crippen LogP contribution in [-0.4, -0.2) is 25.7 Å². The van der Waals surface area contributed by atoms with Crippen molar-refractivity contribution in [1.29, 1.82) is 0 Å². The van der Waals surface area contributed by atoms with Crippen LogP contribution in [0.3, 0.4) is 0 Å². The average molecular weight is 471 g/mol. The van der Waals surface area contributed by atoms with Gasteiger partial charge < -0.3 is 11.1 Å². The molecule has 5 aromatic rings. The maximum atomic E-state index is 12.8. The number of nitrogen functional groups attached to an aromatic ring is 1. The zero-order valence-corrected chi connectivity index (χ0v) is 19.6. The number of aromatic nitrogens is 4. The number of anilines is 1. The Morgan fingerprint density at radius 1 is 1.12 bits per heavy atom. The van der Waals surface area contributed by atoms with Crippen LogP contribution in [0.25, 0.3) is 21.7 Å². The topological polar surface area (TPSA) is 98.7 Å². The summed E-state index contributed by atoms with van der Waals surface area (Å²) in [5, 5.41) is 11.0. The minimum Gasteiger partial charge on any atom is -0.383 e. The molecule has 0 aliphatic heterocycles. The third kappa shape index (κ3) is 4.18. The number of hydrogen-bond acceptors (Lipinski definition) is 5. The average Bonchev–Trinajstić information content (AvgIpc) is 3.28. The monoisotopic (exact) mass is 470 g/mol. The molecule has 1 amide bonds. The van der Waals surface area contributed by atoms with Gasteiger partial charge in [-0.2, -0.15) is 5.10 Å². The third-order valence-corrected chi connectivity index (χ3v) is 6.31. The lowest BCUT2D eigenvalue weighted by Crippen LogP contribution is -2.23. The van der Waals surface area contributed by atoms with Crippen LogP contribution in [0.4, 0.5) is 5.82 Å². The molecule has 3 aromatic heterocycles. The minimum absolute atomic E-state index is 0.183. The highest BCUT2D eigenvalue weighted by Crippen LogP contribution is 2.28. The van der Waals surface area contributed by atoms with E-state index in [0.717, 1.165) is 44.1 Å². The van der Waals surface area contributed by atoms with Crippen LogP contribution in [0.15, 0.2) is 61.1 Å². The summed E-state index contributed by atoms with van der Waals surface area (Å²) in [6.07, 6.45) is 5.00. The highest BCUT2D eigenvalue weighted by atomic mass is 35.5. The standard InChI is InChI=1S/C26H23ClN6O/c1-15-9-22-21(7-8-29-25(22)28)16(2)23(15)12-30-26(34)18-11-31-33(13-18)14-20-6-4-17-3-5-19(27)10-24(17)32-20/h3-11,13H,12,14H2,1-2H3,(H2,28,29)(H,30,34). The van der Waals surface area contributed by atoms with Crippen LogP contribution >= 0.6 is 11.6 Å². The zero-order chi connectivity index (χ0) is 23.8. The summed E-state index contributed by atoms with van der Waals surface area (Å²) in [7, 11) is 0. The van der Waals surface area contributed by atoms with E-state index in [1.807, 2.05) is 56.3 Å². The number of carbonyl (C=O) groups excluding carboxylic acids is 1. The maximum Gasteiger partial charge on any atom is 0.254 e. The van der Waals surface area contributed by atoms with Gasteiger partial charge in [0.1, 0.15) is 5.82 Å². The molecule has 5 rings (SSSR count). The van der Waals surface area contributed by atoms with Crippen LogP contribution in [-0.2, 0) is 13.1 Å². The van der Waals surface area contributed by atoms with Crippen molar-refractivity contribution >= 4 is 45.0 Å². The van der Waals surface area contributed by atoms with Gasteiger partial charge >= 0.3 is 0 Å². The Hall–Kier alpha value is -3.97. The highest BCUT2D eigenvalue weighted by Gasteiger charge is 2.13. The van der Waals surface area contributed by atoms with E-state index in [-0.39, 0.29) is 5.91 Å². The molecule has 170 valence electrons. The lowest BCUT2D eigenvalue weighted by molar-refractivity contribution is 0.0950. The minimum atomic E-state index is -0.183. The molecule has 3 heterocycles.